The van der Waals surface area contributed by atoms with Crippen LogP contribution in [0.15, 0.2) is 6.07 Å². The van der Waals surface area contributed by atoms with Gasteiger partial charge in [-0.2, -0.15) is 4.37 Å². The highest BCUT2D eigenvalue weighted by Gasteiger charge is 2.19. The van der Waals surface area contributed by atoms with E-state index in [2.05, 4.69) is 4.37 Å². The highest BCUT2D eigenvalue weighted by Crippen LogP contribution is 2.21. The summed E-state index contributed by atoms with van der Waals surface area (Å²) in [5, 5.41) is 0.935. The van der Waals surface area contributed by atoms with Crippen molar-refractivity contribution in [3.05, 3.63) is 6.07 Å². The summed E-state index contributed by atoms with van der Waals surface area (Å²) in [6.45, 7) is 2.20. The Hall–Kier alpha value is -1.30. The normalized spacial score (nSPS) is 15.4. The molecule has 16 heavy (non-hydrogen) atoms. The van der Waals surface area contributed by atoms with E-state index in [1.54, 1.807) is 6.07 Å². The second-order valence-corrected chi connectivity index (χ2v) is 4.82. The SMILES string of the molecule is CN(CC(=O)N1CCCC1)c1cc(N)ns1. The fourth-order valence-electron chi connectivity index (χ4n) is 1.81. The molecule has 1 aromatic heterocycles. The van der Waals surface area contributed by atoms with Crippen molar-refractivity contribution in [1.82, 2.24) is 9.27 Å². The molecule has 0 aromatic carbocycles. The number of hydrogen-bond donors (Lipinski definition) is 1. The van der Waals surface area contributed by atoms with Crippen LogP contribution in [0.5, 0.6) is 0 Å². The summed E-state index contributed by atoms with van der Waals surface area (Å²) in [7, 11) is 1.89. The molecule has 2 N–H and O–H groups in total. The summed E-state index contributed by atoms with van der Waals surface area (Å²) in [4.78, 5) is 15.7. The van der Waals surface area contributed by atoms with Crippen LogP contribution < -0.4 is 10.6 Å². The maximum Gasteiger partial charge on any atom is 0.242 e. The van der Waals surface area contributed by atoms with E-state index in [9.17, 15) is 4.79 Å². The van der Waals surface area contributed by atoms with Gasteiger partial charge in [0.25, 0.3) is 0 Å². The molecular weight excluding hydrogens is 224 g/mol. The van der Waals surface area contributed by atoms with Gasteiger partial charge < -0.3 is 15.5 Å². The van der Waals surface area contributed by atoms with Gasteiger partial charge in [0.15, 0.2) is 0 Å². The maximum atomic E-state index is 11.9. The standard InChI is InChI=1S/C10H16N4OS/c1-13(10-6-8(11)12-16-10)7-9(15)14-4-2-3-5-14/h6H,2-5,7H2,1H3,(H2,11,12). The van der Waals surface area contributed by atoms with Crippen LogP contribution in [0.3, 0.4) is 0 Å². The van der Waals surface area contributed by atoms with Gasteiger partial charge in [0, 0.05) is 26.2 Å². The molecule has 0 unspecified atom stereocenters. The number of anilines is 2. The number of amides is 1. The largest absolute Gasteiger partial charge is 0.383 e. The van der Waals surface area contributed by atoms with E-state index in [4.69, 9.17) is 5.73 Å². The lowest BCUT2D eigenvalue weighted by atomic mass is 10.4. The number of rotatable bonds is 3. The molecule has 0 atom stereocenters. The van der Waals surface area contributed by atoms with Gasteiger partial charge in [-0.15, -0.1) is 0 Å². The average Bonchev–Trinajstić information content (AvgIpc) is 2.87. The molecule has 0 aliphatic carbocycles. The van der Waals surface area contributed by atoms with E-state index in [1.807, 2.05) is 16.8 Å². The van der Waals surface area contributed by atoms with Crippen LogP contribution in [0.25, 0.3) is 0 Å². The molecule has 1 aromatic rings. The molecule has 1 aliphatic heterocycles. The first-order chi connectivity index (χ1) is 7.66. The van der Waals surface area contributed by atoms with Crippen LogP contribution in [0.4, 0.5) is 10.8 Å². The molecule has 6 heteroatoms. The lowest BCUT2D eigenvalue weighted by Crippen LogP contribution is -2.37. The van der Waals surface area contributed by atoms with Crippen LogP contribution in [0.1, 0.15) is 12.8 Å². The highest BCUT2D eigenvalue weighted by molar-refractivity contribution is 7.10. The van der Waals surface area contributed by atoms with Crippen LogP contribution >= 0.6 is 11.5 Å². The first-order valence-electron chi connectivity index (χ1n) is 5.38. The molecule has 0 radical (unpaired) electrons. The second-order valence-electron chi connectivity index (χ2n) is 4.03. The van der Waals surface area contributed by atoms with Crippen LogP contribution in [-0.2, 0) is 4.79 Å². The van der Waals surface area contributed by atoms with Gasteiger partial charge in [-0.25, -0.2) is 0 Å². The summed E-state index contributed by atoms with van der Waals surface area (Å²) in [5.41, 5.74) is 5.55. The van der Waals surface area contributed by atoms with E-state index >= 15 is 0 Å². The van der Waals surface area contributed by atoms with Gasteiger partial charge in [0.2, 0.25) is 5.91 Å². The number of aromatic nitrogens is 1. The smallest absolute Gasteiger partial charge is 0.242 e. The average molecular weight is 240 g/mol. The summed E-state index contributed by atoms with van der Waals surface area (Å²) < 4.78 is 4.00. The number of likely N-dealkylation sites (tertiary alicyclic amines) is 1. The predicted molar refractivity (Wildman–Crippen MR) is 65.6 cm³/mol. The Labute approximate surface area is 99.0 Å². The fourth-order valence-corrected chi connectivity index (χ4v) is 2.43. The lowest BCUT2D eigenvalue weighted by Gasteiger charge is -2.20. The van der Waals surface area contributed by atoms with Gasteiger partial charge in [0.1, 0.15) is 10.8 Å². The predicted octanol–water partition coefficient (Wildman–Crippen LogP) is 0.784. The number of nitrogen functional groups attached to an aromatic ring is 1. The van der Waals surface area contributed by atoms with Crippen molar-refractivity contribution in [2.45, 2.75) is 12.8 Å². The van der Waals surface area contributed by atoms with E-state index < -0.39 is 0 Å². The Morgan fingerprint density at radius 2 is 2.31 bits per heavy atom. The Morgan fingerprint density at radius 1 is 1.62 bits per heavy atom. The number of carbonyl (C=O) groups excluding carboxylic acids is 1. The third-order valence-corrected chi connectivity index (χ3v) is 3.64. The first kappa shape index (κ1) is 11.2. The Kier molecular flexibility index (Phi) is 3.28. The lowest BCUT2D eigenvalue weighted by molar-refractivity contribution is -0.128. The van der Waals surface area contributed by atoms with Gasteiger partial charge in [-0.3, -0.25) is 4.79 Å². The van der Waals surface area contributed by atoms with E-state index in [-0.39, 0.29) is 5.91 Å². The Balaban J connectivity index is 1.91. The zero-order valence-electron chi connectivity index (χ0n) is 9.35. The molecule has 1 aliphatic rings. The quantitative estimate of drug-likeness (QED) is 0.848. The zero-order valence-corrected chi connectivity index (χ0v) is 10.2. The minimum atomic E-state index is 0.187. The molecule has 0 saturated carbocycles. The van der Waals surface area contributed by atoms with E-state index in [1.165, 1.54) is 11.5 Å². The van der Waals surface area contributed by atoms with Crippen molar-refractivity contribution < 1.29 is 4.79 Å². The van der Waals surface area contributed by atoms with Crippen molar-refractivity contribution >= 4 is 28.3 Å². The summed E-state index contributed by atoms with van der Waals surface area (Å²) >= 11 is 1.32. The first-order valence-corrected chi connectivity index (χ1v) is 6.15. The Morgan fingerprint density at radius 3 is 2.88 bits per heavy atom. The van der Waals surface area contributed by atoms with Gasteiger partial charge in [-0.1, -0.05) is 0 Å². The van der Waals surface area contributed by atoms with Crippen molar-refractivity contribution in [2.75, 3.05) is 37.3 Å². The van der Waals surface area contributed by atoms with Crippen molar-refractivity contribution in [2.24, 2.45) is 0 Å². The summed E-state index contributed by atoms with van der Waals surface area (Å²) in [6, 6.07) is 1.79. The Bertz CT molecular complexity index is 373. The summed E-state index contributed by atoms with van der Waals surface area (Å²) in [6.07, 6.45) is 2.26. The molecule has 88 valence electrons. The third kappa shape index (κ3) is 2.44. The second kappa shape index (κ2) is 4.69. The topological polar surface area (TPSA) is 62.5 Å². The number of nitrogens with two attached hydrogens (primary N) is 1. The summed E-state index contributed by atoms with van der Waals surface area (Å²) in [5.74, 6) is 0.701. The monoisotopic (exact) mass is 240 g/mol. The van der Waals surface area contributed by atoms with Crippen LogP contribution in [0, 0.1) is 0 Å². The number of nitrogens with zero attached hydrogens (tertiary/aromatic N) is 3. The van der Waals surface area contributed by atoms with Crippen LogP contribution in [-0.4, -0.2) is 41.9 Å². The number of carbonyl (C=O) groups is 1. The molecule has 2 heterocycles. The zero-order chi connectivity index (χ0) is 11.5. The molecule has 1 fully saturated rings. The molecule has 1 amide bonds. The highest BCUT2D eigenvalue weighted by atomic mass is 32.1. The van der Waals surface area contributed by atoms with E-state index in [0.29, 0.717) is 12.4 Å². The maximum absolute atomic E-state index is 11.9. The van der Waals surface area contributed by atoms with Crippen molar-refractivity contribution in [1.29, 1.82) is 0 Å². The molecule has 5 nitrogen and oxygen atoms in total. The van der Waals surface area contributed by atoms with Crippen molar-refractivity contribution in [3.8, 4) is 0 Å². The number of hydrogen-bond acceptors (Lipinski definition) is 5. The van der Waals surface area contributed by atoms with Gasteiger partial charge in [0.05, 0.1) is 6.54 Å². The molecule has 2 rings (SSSR count). The van der Waals surface area contributed by atoms with Gasteiger partial charge in [-0.05, 0) is 24.4 Å². The molecule has 0 bridgehead atoms. The molecular formula is C10H16N4OS. The molecule has 0 spiro atoms. The molecule has 1 saturated heterocycles. The van der Waals surface area contributed by atoms with Crippen molar-refractivity contribution in [3.63, 3.8) is 0 Å². The van der Waals surface area contributed by atoms with Crippen LogP contribution in [0.2, 0.25) is 0 Å². The minimum Gasteiger partial charge on any atom is -0.383 e. The number of likely N-dealkylation sites (N-methyl/N-ethyl adjacent to an activating group) is 1. The minimum absolute atomic E-state index is 0.187. The third-order valence-electron chi connectivity index (χ3n) is 2.72. The van der Waals surface area contributed by atoms with E-state index in [0.717, 1.165) is 30.9 Å². The van der Waals surface area contributed by atoms with Gasteiger partial charge >= 0.3 is 0 Å². The fraction of sp³-hybridized carbons (Fsp3) is 0.600.